The van der Waals surface area contributed by atoms with E-state index in [9.17, 15) is 19.5 Å². The minimum absolute atomic E-state index is 0.0670. The maximum absolute atomic E-state index is 14.2. The molecule has 3 amide bonds. The largest absolute Gasteiger partial charge is 0.394 e. The third kappa shape index (κ3) is 4.72. The van der Waals surface area contributed by atoms with Crippen LogP contribution in [0.2, 0.25) is 0 Å². The Hall–Kier alpha value is -1.97. The molecule has 1 aromatic rings. The van der Waals surface area contributed by atoms with Crippen LogP contribution in [0.25, 0.3) is 0 Å². The second-order valence-electron chi connectivity index (χ2n) is 11.1. The number of rotatable bonds is 9. The summed E-state index contributed by atoms with van der Waals surface area (Å²) in [5.41, 5.74) is -0.135. The number of aliphatic hydroxyl groups excluding tert-OH is 1. The van der Waals surface area contributed by atoms with Crippen LogP contribution in [0.15, 0.2) is 30.3 Å². The third-order valence-electron chi connectivity index (χ3n) is 8.70. The van der Waals surface area contributed by atoms with Gasteiger partial charge < -0.3 is 25.4 Å². The Balaban J connectivity index is 1.51. The molecule has 9 heteroatoms. The number of halogens is 1. The fraction of sp³-hybridized carbons (Fsp3) is 0.679. The van der Waals surface area contributed by atoms with Crippen molar-refractivity contribution < 1.29 is 24.2 Å². The number of carbonyl (C=O) groups is 3. The van der Waals surface area contributed by atoms with E-state index in [-0.39, 0.29) is 35.2 Å². The van der Waals surface area contributed by atoms with Gasteiger partial charge in [-0.25, -0.2) is 0 Å². The smallest absolute Gasteiger partial charge is 0.246 e. The molecule has 5 rings (SSSR count). The highest BCUT2D eigenvalue weighted by molar-refractivity contribution is 9.09. The Morgan fingerprint density at radius 1 is 1.19 bits per heavy atom. The van der Waals surface area contributed by atoms with E-state index in [1.165, 1.54) is 6.42 Å². The number of aliphatic hydroxyl groups is 1. The molecule has 3 aliphatic heterocycles. The van der Waals surface area contributed by atoms with E-state index in [4.69, 9.17) is 4.74 Å². The Morgan fingerprint density at radius 3 is 2.59 bits per heavy atom. The van der Waals surface area contributed by atoms with Gasteiger partial charge in [-0.05, 0) is 37.7 Å². The molecule has 1 spiro atoms. The Kier molecular flexibility index (Phi) is 7.93. The molecule has 3 saturated heterocycles. The lowest BCUT2D eigenvalue weighted by Crippen LogP contribution is -2.60. The number of hydrogen-bond acceptors (Lipinski definition) is 5. The minimum atomic E-state index is -1.10. The molecule has 4 fully saturated rings. The van der Waals surface area contributed by atoms with Gasteiger partial charge in [0.15, 0.2) is 0 Å². The molecule has 202 valence electrons. The van der Waals surface area contributed by atoms with Crippen molar-refractivity contribution >= 4 is 33.7 Å². The first kappa shape index (κ1) is 26.6. The van der Waals surface area contributed by atoms with Crippen LogP contribution in [0.1, 0.15) is 57.4 Å². The summed E-state index contributed by atoms with van der Waals surface area (Å²) in [5, 5.41) is 16.7. The molecule has 1 aromatic carbocycles. The maximum atomic E-state index is 14.2. The van der Waals surface area contributed by atoms with E-state index in [0.29, 0.717) is 19.4 Å². The van der Waals surface area contributed by atoms with Crippen LogP contribution in [0.5, 0.6) is 0 Å². The maximum Gasteiger partial charge on any atom is 0.246 e. The van der Waals surface area contributed by atoms with E-state index >= 15 is 0 Å². The van der Waals surface area contributed by atoms with E-state index < -0.39 is 35.6 Å². The molecular weight excluding hydrogens is 538 g/mol. The molecule has 3 N–H and O–H groups in total. The molecule has 0 radical (unpaired) electrons. The number of benzene rings is 1. The van der Waals surface area contributed by atoms with Crippen molar-refractivity contribution in [3.8, 4) is 0 Å². The van der Waals surface area contributed by atoms with E-state index in [1.807, 2.05) is 37.3 Å². The number of ether oxygens (including phenoxy) is 1. The summed E-state index contributed by atoms with van der Waals surface area (Å²) in [7, 11) is 0. The molecular formula is C28H38BrN3O5. The summed E-state index contributed by atoms with van der Waals surface area (Å²) in [6.45, 7) is 2.21. The molecule has 3 unspecified atom stereocenters. The van der Waals surface area contributed by atoms with Crippen LogP contribution in [-0.4, -0.2) is 75.5 Å². The van der Waals surface area contributed by atoms with Gasteiger partial charge in [-0.15, -0.1) is 0 Å². The van der Waals surface area contributed by atoms with Crippen molar-refractivity contribution in [1.82, 2.24) is 15.5 Å². The SMILES string of the molecule is CCCNC(=O)[C@H]1[C@@H]2OC3(CC2Br)C(C(=O)NC2CCCCC2)N([C@@H](CO)Cc2ccccc2)C(=O)[C@H]13. The number of nitrogens with zero attached hydrogens (tertiary/aromatic N) is 1. The number of nitrogens with one attached hydrogen (secondary N) is 2. The van der Waals surface area contributed by atoms with Gasteiger partial charge in [-0.3, -0.25) is 14.4 Å². The molecule has 4 aliphatic rings. The van der Waals surface area contributed by atoms with Gasteiger partial charge in [-0.1, -0.05) is 72.4 Å². The Bertz CT molecular complexity index is 1000. The number of likely N-dealkylation sites (tertiary alicyclic amines) is 1. The zero-order valence-corrected chi connectivity index (χ0v) is 23.0. The summed E-state index contributed by atoms with van der Waals surface area (Å²) < 4.78 is 6.57. The highest BCUT2D eigenvalue weighted by Gasteiger charge is 2.77. The molecule has 1 aliphatic carbocycles. The average molecular weight is 577 g/mol. The molecule has 1 saturated carbocycles. The first-order chi connectivity index (χ1) is 17.9. The van der Waals surface area contributed by atoms with Crippen molar-refractivity contribution in [3.63, 3.8) is 0 Å². The van der Waals surface area contributed by atoms with Gasteiger partial charge in [-0.2, -0.15) is 0 Å². The third-order valence-corrected chi connectivity index (χ3v) is 9.54. The van der Waals surface area contributed by atoms with Gasteiger partial charge in [0.05, 0.1) is 30.6 Å². The molecule has 0 aromatic heterocycles. The number of amides is 3. The topological polar surface area (TPSA) is 108 Å². The van der Waals surface area contributed by atoms with Gasteiger partial charge in [0.25, 0.3) is 0 Å². The number of carbonyl (C=O) groups excluding carboxylic acids is 3. The average Bonchev–Trinajstić information content (AvgIpc) is 3.50. The summed E-state index contributed by atoms with van der Waals surface area (Å²) in [5.74, 6) is -2.13. The molecule has 3 heterocycles. The standard InChI is InChI=1S/C28H38BrN3O5/c1-2-13-30-25(34)21-22-27(36)32(19(16-33)14-17-9-5-3-6-10-17)24(28(22)15-20(29)23(21)37-28)26(35)31-18-11-7-4-8-12-18/h3,5-6,9-10,18-24,33H,2,4,7-8,11-16H2,1H3,(H,30,34)(H,31,35)/t19-,20?,21-,22+,23-,24?,28?/m1/s1. The lowest BCUT2D eigenvalue weighted by atomic mass is 9.70. The molecule has 8 nitrogen and oxygen atoms in total. The van der Waals surface area contributed by atoms with Crippen molar-refractivity contribution in [2.75, 3.05) is 13.2 Å². The van der Waals surface area contributed by atoms with Gasteiger partial charge in [0, 0.05) is 17.4 Å². The first-order valence-electron chi connectivity index (χ1n) is 13.8. The van der Waals surface area contributed by atoms with Crippen molar-refractivity contribution in [2.45, 2.75) is 92.9 Å². The van der Waals surface area contributed by atoms with Crippen molar-refractivity contribution in [1.29, 1.82) is 0 Å². The Morgan fingerprint density at radius 2 is 1.92 bits per heavy atom. The zero-order valence-electron chi connectivity index (χ0n) is 21.4. The lowest BCUT2D eigenvalue weighted by Gasteiger charge is -2.38. The fourth-order valence-electron chi connectivity index (χ4n) is 7.09. The van der Waals surface area contributed by atoms with Crippen LogP contribution >= 0.6 is 15.9 Å². The predicted molar refractivity (Wildman–Crippen MR) is 142 cm³/mol. The quantitative estimate of drug-likeness (QED) is 0.392. The van der Waals surface area contributed by atoms with E-state index in [1.54, 1.807) is 4.90 Å². The summed E-state index contributed by atoms with van der Waals surface area (Å²) in [6, 6.07) is 8.24. The van der Waals surface area contributed by atoms with Crippen LogP contribution in [-0.2, 0) is 25.5 Å². The van der Waals surface area contributed by atoms with Crippen LogP contribution < -0.4 is 10.6 Å². The molecule has 37 heavy (non-hydrogen) atoms. The summed E-state index contributed by atoms with van der Waals surface area (Å²) in [4.78, 5) is 43.0. The minimum Gasteiger partial charge on any atom is -0.394 e. The van der Waals surface area contributed by atoms with Crippen molar-refractivity contribution in [2.24, 2.45) is 11.8 Å². The second kappa shape index (κ2) is 11.0. The van der Waals surface area contributed by atoms with E-state index in [2.05, 4.69) is 26.6 Å². The highest BCUT2D eigenvalue weighted by Crippen LogP contribution is 2.60. The predicted octanol–water partition coefficient (Wildman–Crippen LogP) is 2.31. The van der Waals surface area contributed by atoms with Crippen LogP contribution in [0, 0.1) is 11.8 Å². The molecule has 2 bridgehead atoms. The second-order valence-corrected chi connectivity index (χ2v) is 12.2. The number of hydrogen-bond donors (Lipinski definition) is 3. The first-order valence-corrected chi connectivity index (χ1v) is 14.7. The highest BCUT2D eigenvalue weighted by atomic mass is 79.9. The normalized spacial score (nSPS) is 33.9. The Labute approximate surface area is 227 Å². The van der Waals surface area contributed by atoms with E-state index in [0.717, 1.165) is 37.7 Å². The van der Waals surface area contributed by atoms with Gasteiger partial charge >= 0.3 is 0 Å². The number of alkyl halides is 1. The molecule has 7 atom stereocenters. The van der Waals surface area contributed by atoms with Crippen LogP contribution in [0.4, 0.5) is 0 Å². The lowest BCUT2D eigenvalue weighted by molar-refractivity contribution is -0.146. The van der Waals surface area contributed by atoms with Gasteiger partial charge in [0.1, 0.15) is 11.6 Å². The van der Waals surface area contributed by atoms with Crippen LogP contribution in [0.3, 0.4) is 0 Å². The van der Waals surface area contributed by atoms with Crippen molar-refractivity contribution in [3.05, 3.63) is 35.9 Å². The van der Waals surface area contributed by atoms with Gasteiger partial charge in [0.2, 0.25) is 17.7 Å². The summed E-state index contributed by atoms with van der Waals surface area (Å²) >= 11 is 3.71. The fourth-order valence-corrected chi connectivity index (χ4v) is 8.03. The zero-order chi connectivity index (χ0) is 26.2. The number of fused-ring (bicyclic) bond motifs is 1. The monoisotopic (exact) mass is 575 g/mol. The summed E-state index contributed by atoms with van der Waals surface area (Å²) in [6.07, 6.45) is 6.34.